The van der Waals surface area contributed by atoms with E-state index in [1.54, 1.807) is 0 Å². The van der Waals surface area contributed by atoms with E-state index in [1.165, 1.54) is 5.56 Å². The minimum Gasteiger partial charge on any atom is -0.197 e. The molecule has 58 valence electrons. The highest BCUT2D eigenvalue weighted by Gasteiger charge is 1.96. The van der Waals surface area contributed by atoms with Crippen molar-refractivity contribution in [3.05, 3.63) is 23.8 Å². The molecule has 0 radical (unpaired) electrons. The number of hydrogen-bond donors (Lipinski definition) is 1. The molecule has 1 aromatic carbocycles. The molecule has 11 heavy (non-hydrogen) atoms. The quantitative estimate of drug-likeness (QED) is 0.671. The maximum absolute atomic E-state index is 3.99. The lowest BCUT2D eigenvalue weighted by Crippen LogP contribution is -1.78. The number of H-pyrrole nitrogens is 1. The van der Waals surface area contributed by atoms with Gasteiger partial charge in [0.1, 0.15) is 11.0 Å². The Hall–Kier alpha value is -1.38. The second-order valence-corrected chi connectivity index (χ2v) is 2.50. The second-order valence-electron chi connectivity index (χ2n) is 2.50. The van der Waals surface area contributed by atoms with Crippen LogP contribution in [-0.2, 0) is 6.42 Å². The van der Waals surface area contributed by atoms with Crippen LogP contribution in [0.2, 0.25) is 0 Å². The van der Waals surface area contributed by atoms with Gasteiger partial charge in [-0.25, -0.2) is 0 Å². The Morgan fingerprint density at radius 1 is 1.36 bits per heavy atom. The van der Waals surface area contributed by atoms with Crippen LogP contribution in [0, 0.1) is 0 Å². The molecule has 0 bridgehead atoms. The predicted octanol–water partition coefficient (Wildman–Crippen LogP) is 1.77. The SMILES string of the molecule is CCc1ccc2n[nH]nc2c1.[HH]. The third kappa shape index (κ3) is 0.981. The largest absolute Gasteiger partial charge is 0.197 e. The summed E-state index contributed by atoms with van der Waals surface area (Å²) in [4.78, 5) is 0. The van der Waals surface area contributed by atoms with Crippen molar-refractivity contribution in [2.24, 2.45) is 0 Å². The molecule has 1 N–H and O–H groups in total. The van der Waals surface area contributed by atoms with E-state index in [2.05, 4.69) is 34.5 Å². The minimum absolute atomic E-state index is 0. The first-order valence-electron chi connectivity index (χ1n) is 3.69. The standard InChI is InChI=1S/C8H9N3.H2/c1-2-6-3-4-7-8(5-6)10-11-9-7;/h3-5H,2H2,1H3,(H,9,10,11);1H. The monoisotopic (exact) mass is 149 g/mol. The van der Waals surface area contributed by atoms with E-state index < -0.39 is 0 Å². The van der Waals surface area contributed by atoms with E-state index in [0.717, 1.165) is 17.5 Å². The van der Waals surface area contributed by atoms with Gasteiger partial charge in [-0.2, -0.15) is 15.4 Å². The zero-order valence-corrected chi connectivity index (χ0v) is 6.33. The Balaban J connectivity index is 0.000000720. The van der Waals surface area contributed by atoms with Gasteiger partial charge in [-0.05, 0) is 24.1 Å². The molecular weight excluding hydrogens is 138 g/mol. The second kappa shape index (κ2) is 2.34. The average molecular weight is 149 g/mol. The van der Waals surface area contributed by atoms with Crippen LogP contribution < -0.4 is 0 Å². The molecule has 0 fully saturated rings. The van der Waals surface area contributed by atoms with Crippen LogP contribution in [0.25, 0.3) is 11.0 Å². The number of nitrogens with one attached hydrogen (secondary N) is 1. The van der Waals surface area contributed by atoms with Gasteiger partial charge in [-0.3, -0.25) is 0 Å². The lowest BCUT2D eigenvalue weighted by molar-refractivity contribution is 0.959. The smallest absolute Gasteiger partial charge is 0.113 e. The van der Waals surface area contributed by atoms with Crippen LogP contribution in [0.3, 0.4) is 0 Å². The van der Waals surface area contributed by atoms with Crippen LogP contribution in [0.1, 0.15) is 13.9 Å². The van der Waals surface area contributed by atoms with Crippen molar-refractivity contribution in [3.8, 4) is 0 Å². The Kier molecular flexibility index (Phi) is 1.35. The Morgan fingerprint density at radius 2 is 2.18 bits per heavy atom. The molecule has 0 amide bonds. The maximum atomic E-state index is 3.99. The molecule has 0 atom stereocenters. The first kappa shape index (κ1) is 6.34. The fourth-order valence-electron chi connectivity index (χ4n) is 1.11. The molecule has 1 aromatic heterocycles. The summed E-state index contributed by atoms with van der Waals surface area (Å²) in [6.45, 7) is 2.13. The molecule has 3 heteroatoms. The van der Waals surface area contributed by atoms with Crippen molar-refractivity contribution in [2.45, 2.75) is 13.3 Å². The number of aromatic nitrogens is 3. The summed E-state index contributed by atoms with van der Waals surface area (Å²) in [6.07, 6.45) is 1.04. The van der Waals surface area contributed by atoms with Crippen molar-refractivity contribution >= 4 is 11.0 Å². The summed E-state index contributed by atoms with van der Waals surface area (Å²) in [5.74, 6) is 0. The van der Waals surface area contributed by atoms with Gasteiger partial charge in [-0.1, -0.05) is 13.0 Å². The zero-order chi connectivity index (χ0) is 7.68. The molecule has 0 saturated heterocycles. The Bertz CT molecular complexity index is 369. The van der Waals surface area contributed by atoms with E-state index in [0.29, 0.717) is 0 Å². The van der Waals surface area contributed by atoms with Gasteiger partial charge in [0.25, 0.3) is 0 Å². The molecule has 0 aliphatic rings. The number of aryl methyl sites for hydroxylation is 1. The summed E-state index contributed by atoms with van der Waals surface area (Å²) in [5.41, 5.74) is 3.18. The molecule has 1 heterocycles. The minimum atomic E-state index is 0. The van der Waals surface area contributed by atoms with Crippen LogP contribution >= 0.6 is 0 Å². The molecule has 0 spiro atoms. The first-order chi connectivity index (χ1) is 5.40. The van der Waals surface area contributed by atoms with Crippen LogP contribution in [0.4, 0.5) is 0 Å². The highest BCUT2D eigenvalue weighted by Crippen LogP contribution is 2.10. The molecule has 3 nitrogen and oxygen atoms in total. The lowest BCUT2D eigenvalue weighted by Gasteiger charge is -1.92. The van der Waals surface area contributed by atoms with Crippen LogP contribution in [0.15, 0.2) is 18.2 Å². The molecular formula is C8H11N3. The molecule has 2 rings (SSSR count). The highest BCUT2D eigenvalue weighted by molar-refractivity contribution is 5.73. The van der Waals surface area contributed by atoms with Gasteiger partial charge in [0.15, 0.2) is 0 Å². The number of hydrogen-bond acceptors (Lipinski definition) is 2. The topological polar surface area (TPSA) is 41.6 Å². The van der Waals surface area contributed by atoms with Gasteiger partial charge in [0, 0.05) is 1.43 Å². The molecule has 0 saturated carbocycles. The molecule has 2 aromatic rings. The van der Waals surface area contributed by atoms with E-state index in [4.69, 9.17) is 0 Å². The maximum Gasteiger partial charge on any atom is 0.113 e. The number of fused-ring (bicyclic) bond motifs is 1. The van der Waals surface area contributed by atoms with Gasteiger partial charge >= 0.3 is 0 Å². The highest BCUT2D eigenvalue weighted by atomic mass is 15.3. The third-order valence-electron chi connectivity index (χ3n) is 1.79. The summed E-state index contributed by atoms with van der Waals surface area (Å²) in [6, 6.07) is 6.11. The van der Waals surface area contributed by atoms with Crippen molar-refractivity contribution in [1.29, 1.82) is 0 Å². The third-order valence-corrected chi connectivity index (χ3v) is 1.79. The van der Waals surface area contributed by atoms with Crippen molar-refractivity contribution < 1.29 is 1.43 Å². The van der Waals surface area contributed by atoms with Crippen molar-refractivity contribution in [2.75, 3.05) is 0 Å². The van der Waals surface area contributed by atoms with E-state index in [1.807, 2.05) is 6.07 Å². The van der Waals surface area contributed by atoms with Gasteiger partial charge in [-0.15, -0.1) is 0 Å². The summed E-state index contributed by atoms with van der Waals surface area (Å²) in [5, 5.41) is 10.5. The van der Waals surface area contributed by atoms with Gasteiger partial charge < -0.3 is 0 Å². The fraction of sp³-hybridized carbons (Fsp3) is 0.250. The van der Waals surface area contributed by atoms with Gasteiger partial charge in [0.2, 0.25) is 0 Å². The number of aromatic amines is 1. The fourth-order valence-corrected chi connectivity index (χ4v) is 1.11. The predicted molar refractivity (Wildman–Crippen MR) is 45.4 cm³/mol. The number of nitrogens with zero attached hydrogens (tertiary/aromatic N) is 2. The zero-order valence-electron chi connectivity index (χ0n) is 6.33. The lowest BCUT2D eigenvalue weighted by atomic mass is 10.1. The number of benzene rings is 1. The van der Waals surface area contributed by atoms with Crippen molar-refractivity contribution in [3.63, 3.8) is 0 Å². The Morgan fingerprint density at radius 3 is 3.00 bits per heavy atom. The molecule has 0 aliphatic carbocycles. The first-order valence-corrected chi connectivity index (χ1v) is 3.69. The molecule has 0 unspecified atom stereocenters. The summed E-state index contributed by atoms with van der Waals surface area (Å²) < 4.78 is 0. The van der Waals surface area contributed by atoms with Crippen LogP contribution in [-0.4, -0.2) is 15.4 Å². The summed E-state index contributed by atoms with van der Waals surface area (Å²) in [7, 11) is 0. The average Bonchev–Trinajstić information content (AvgIpc) is 2.50. The number of rotatable bonds is 1. The molecule has 0 aliphatic heterocycles. The Labute approximate surface area is 65.9 Å². The van der Waals surface area contributed by atoms with E-state index in [9.17, 15) is 0 Å². The van der Waals surface area contributed by atoms with Gasteiger partial charge in [0.05, 0.1) is 0 Å². The van der Waals surface area contributed by atoms with Crippen molar-refractivity contribution in [1.82, 2.24) is 15.4 Å². The van der Waals surface area contributed by atoms with E-state index >= 15 is 0 Å². The van der Waals surface area contributed by atoms with E-state index in [-0.39, 0.29) is 1.43 Å². The summed E-state index contributed by atoms with van der Waals surface area (Å²) >= 11 is 0. The normalized spacial score (nSPS) is 10.6. The van der Waals surface area contributed by atoms with Crippen LogP contribution in [0.5, 0.6) is 0 Å².